The number of hydrogen-bond donors (Lipinski definition) is 3. The van der Waals surface area contributed by atoms with Gasteiger partial charge in [0, 0.05) is 19.1 Å². The highest BCUT2D eigenvalue weighted by molar-refractivity contribution is 7.86. The molecule has 0 atom stereocenters. The highest BCUT2D eigenvalue weighted by Crippen LogP contribution is 2.37. The van der Waals surface area contributed by atoms with Crippen LogP contribution in [0.5, 0.6) is 5.75 Å². The molecule has 0 unspecified atom stereocenters. The lowest BCUT2D eigenvalue weighted by Gasteiger charge is -2.04. The van der Waals surface area contributed by atoms with E-state index in [-0.39, 0.29) is 0 Å². The second kappa shape index (κ2) is 6.50. The number of phenolic OH excluding ortho intramolecular Hbond substituents is 1. The molecular formula is C11H11N3O8S. The van der Waals surface area contributed by atoms with Crippen LogP contribution in [0.4, 0.5) is 11.4 Å². The lowest BCUT2D eigenvalue weighted by molar-refractivity contribution is -0.385. The molecule has 1 aromatic carbocycles. The number of nitro benzene ring substituents is 1. The van der Waals surface area contributed by atoms with Crippen molar-refractivity contribution in [3.8, 4) is 5.75 Å². The molecule has 0 amide bonds. The van der Waals surface area contributed by atoms with Gasteiger partial charge in [-0.15, -0.1) is 10.2 Å². The Bertz CT molecular complexity index is 837. The first-order chi connectivity index (χ1) is 10.4. The molecule has 0 radical (unpaired) electrons. The van der Waals surface area contributed by atoms with Crippen LogP contribution < -0.4 is 0 Å². The third-order valence-electron chi connectivity index (χ3n) is 2.46. The fraction of sp³-hybridized carbons (Fsp3) is 0.182. The number of carbonyl (C=O) groups is 1. The van der Waals surface area contributed by atoms with Gasteiger partial charge in [-0.05, 0) is 6.92 Å². The van der Waals surface area contributed by atoms with Crippen LogP contribution in [0, 0.1) is 10.1 Å². The van der Waals surface area contributed by atoms with Gasteiger partial charge in [-0.3, -0.25) is 19.5 Å². The molecule has 0 spiro atoms. The largest absolute Gasteiger partial charge is 0.510 e. The number of aliphatic hydroxyl groups is 1. The average Bonchev–Trinajstić information content (AvgIpc) is 2.38. The van der Waals surface area contributed by atoms with Crippen LogP contribution in [0.2, 0.25) is 0 Å². The fourth-order valence-corrected chi connectivity index (χ4v) is 2.08. The Kier molecular flexibility index (Phi) is 5.14. The molecule has 23 heavy (non-hydrogen) atoms. The molecule has 0 heterocycles. The third-order valence-corrected chi connectivity index (χ3v) is 3.33. The molecule has 0 aliphatic heterocycles. The van der Waals surface area contributed by atoms with Gasteiger partial charge < -0.3 is 10.2 Å². The number of phenols is 1. The number of Topliss-reactive ketones (excluding diaryl/α,β-unsaturated/α-hetero) is 1. The van der Waals surface area contributed by atoms with E-state index in [1.807, 2.05) is 0 Å². The van der Waals surface area contributed by atoms with Crippen molar-refractivity contribution in [2.24, 2.45) is 10.2 Å². The molecule has 0 fully saturated rings. The molecule has 11 nitrogen and oxygen atoms in total. The summed E-state index contributed by atoms with van der Waals surface area (Å²) in [6.45, 7) is 2.19. The van der Waals surface area contributed by atoms with Crippen LogP contribution in [0.25, 0.3) is 0 Å². The van der Waals surface area contributed by atoms with E-state index in [1.165, 1.54) is 0 Å². The third kappa shape index (κ3) is 4.31. The Hall–Kier alpha value is -2.86. The van der Waals surface area contributed by atoms with E-state index in [0.717, 1.165) is 13.8 Å². The first-order valence-corrected chi connectivity index (χ1v) is 7.20. The molecule has 12 heteroatoms. The zero-order chi connectivity index (χ0) is 17.9. The van der Waals surface area contributed by atoms with Crippen LogP contribution in [-0.2, 0) is 14.9 Å². The molecule has 0 aromatic heterocycles. The summed E-state index contributed by atoms with van der Waals surface area (Å²) in [5, 5.41) is 36.4. The number of hydrogen-bond acceptors (Lipinski definition) is 9. The molecule has 0 aliphatic carbocycles. The van der Waals surface area contributed by atoms with Crippen LogP contribution in [0.3, 0.4) is 0 Å². The van der Waals surface area contributed by atoms with E-state index in [4.69, 9.17) is 4.55 Å². The van der Waals surface area contributed by atoms with Gasteiger partial charge in [-0.1, -0.05) is 0 Å². The van der Waals surface area contributed by atoms with Crippen molar-refractivity contribution in [2.45, 2.75) is 18.7 Å². The Balaban J connectivity index is 3.60. The molecule has 3 N–H and O–H groups in total. The maximum Gasteiger partial charge on any atom is 0.298 e. The van der Waals surface area contributed by atoms with E-state index in [1.54, 1.807) is 0 Å². The van der Waals surface area contributed by atoms with Gasteiger partial charge in [0.2, 0.25) is 0 Å². The Morgan fingerprint density at radius 2 is 1.87 bits per heavy atom. The summed E-state index contributed by atoms with van der Waals surface area (Å²) < 4.78 is 31.2. The molecule has 1 aromatic rings. The molecule has 1 rings (SSSR count). The van der Waals surface area contributed by atoms with Crippen molar-refractivity contribution >= 4 is 27.3 Å². The number of non-ortho nitro benzene ring substituents is 1. The van der Waals surface area contributed by atoms with E-state index in [9.17, 15) is 33.5 Å². The quantitative estimate of drug-likeness (QED) is 0.181. The Morgan fingerprint density at radius 3 is 2.26 bits per heavy atom. The van der Waals surface area contributed by atoms with Crippen molar-refractivity contribution in [3.63, 3.8) is 0 Å². The highest BCUT2D eigenvalue weighted by Gasteiger charge is 2.24. The van der Waals surface area contributed by atoms with E-state index in [2.05, 4.69) is 10.2 Å². The van der Waals surface area contributed by atoms with Crippen molar-refractivity contribution in [2.75, 3.05) is 0 Å². The minimum absolute atomic E-state index is 0.433. The second-order valence-corrected chi connectivity index (χ2v) is 5.62. The van der Waals surface area contributed by atoms with Gasteiger partial charge in [0.15, 0.2) is 17.2 Å². The summed E-state index contributed by atoms with van der Waals surface area (Å²) in [6, 6.07) is 1.11. The van der Waals surface area contributed by atoms with E-state index in [0.29, 0.717) is 12.1 Å². The lowest BCUT2D eigenvalue weighted by atomic mass is 10.2. The summed E-state index contributed by atoms with van der Waals surface area (Å²) in [4.78, 5) is 19.9. The number of aliphatic hydroxyl groups excluding tert-OH is 1. The maximum absolute atomic E-state index is 11.2. The van der Waals surface area contributed by atoms with Crippen molar-refractivity contribution in [1.29, 1.82) is 0 Å². The van der Waals surface area contributed by atoms with Gasteiger partial charge in [0.1, 0.15) is 16.3 Å². The summed E-state index contributed by atoms with van der Waals surface area (Å²) in [7, 11) is -4.97. The van der Waals surface area contributed by atoms with Crippen LogP contribution in [0.15, 0.2) is 38.7 Å². The molecule has 124 valence electrons. The monoisotopic (exact) mass is 345 g/mol. The predicted octanol–water partition coefficient (Wildman–Crippen LogP) is 2.01. The number of aromatic hydroxyl groups is 1. The van der Waals surface area contributed by atoms with E-state index >= 15 is 0 Å². The number of carbonyl (C=O) groups excluding carboxylic acids is 1. The first-order valence-electron chi connectivity index (χ1n) is 5.76. The predicted molar refractivity (Wildman–Crippen MR) is 75.1 cm³/mol. The fourth-order valence-electron chi connectivity index (χ4n) is 1.46. The zero-order valence-electron chi connectivity index (χ0n) is 11.8. The number of ketones is 1. The standard InChI is InChI=1S/C11H11N3O8S/c1-5(15)10(6(2)16)13-12-8-3-7(14(18)19)4-9(11(8)17)23(20,21)22/h3-4,15,17H,1-2H3,(H,20,21,22). The van der Waals surface area contributed by atoms with Crippen molar-refractivity contribution < 1.29 is 32.9 Å². The zero-order valence-corrected chi connectivity index (χ0v) is 12.6. The number of benzene rings is 1. The normalized spacial score (nSPS) is 13.0. The number of azo groups is 1. The highest BCUT2D eigenvalue weighted by atomic mass is 32.2. The smallest absolute Gasteiger partial charge is 0.298 e. The average molecular weight is 345 g/mol. The molecule has 0 saturated heterocycles. The number of rotatable bonds is 5. The SMILES string of the molecule is CC(=O)C(N=Nc1cc([N+](=O)[O-])cc(S(=O)(=O)O)c1O)=C(C)O. The van der Waals surface area contributed by atoms with Gasteiger partial charge in [-0.2, -0.15) is 8.42 Å². The van der Waals surface area contributed by atoms with Gasteiger partial charge >= 0.3 is 0 Å². The van der Waals surface area contributed by atoms with Crippen LogP contribution in [-0.4, -0.2) is 33.9 Å². The minimum Gasteiger partial charge on any atom is -0.510 e. The van der Waals surface area contributed by atoms with Gasteiger partial charge in [-0.25, -0.2) is 0 Å². The topological polar surface area (TPSA) is 180 Å². The molecule has 0 aliphatic rings. The Labute approximate surface area is 129 Å². The number of nitrogens with zero attached hydrogens (tertiary/aromatic N) is 3. The number of allylic oxidation sites excluding steroid dienone is 2. The summed E-state index contributed by atoms with van der Waals surface area (Å²) in [5.41, 5.74) is -1.98. The van der Waals surface area contributed by atoms with Gasteiger partial charge in [0.05, 0.1) is 4.92 Å². The first kappa shape index (κ1) is 18.2. The molecule has 0 bridgehead atoms. The summed E-state index contributed by atoms with van der Waals surface area (Å²) in [6.07, 6.45) is 0. The summed E-state index contributed by atoms with van der Waals surface area (Å²) >= 11 is 0. The van der Waals surface area contributed by atoms with Gasteiger partial charge in [0.25, 0.3) is 15.8 Å². The molecular weight excluding hydrogens is 334 g/mol. The molecule has 0 saturated carbocycles. The van der Waals surface area contributed by atoms with Crippen molar-refractivity contribution in [3.05, 3.63) is 33.7 Å². The minimum atomic E-state index is -4.97. The Morgan fingerprint density at radius 1 is 1.30 bits per heavy atom. The number of nitro groups is 1. The van der Waals surface area contributed by atoms with Crippen LogP contribution in [0.1, 0.15) is 13.8 Å². The van der Waals surface area contributed by atoms with Crippen LogP contribution >= 0.6 is 0 Å². The second-order valence-electron chi connectivity index (χ2n) is 4.23. The summed E-state index contributed by atoms with van der Waals surface area (Å²) in [5.74, 6) is -2.28. The van der Waals surface area contributed by atoms with E-state index < -0.39 is 54.3 Å². The lowest BCUT2D eigenvalue weighted by Crippen LogP contribution is -2.00. The van der Waals surface area contributed by atoms with Crippen molar-refractivity contribution in [1.82, 2.24) is 0 Å². The maximum atomic E-state index is 11.2.